The van der Waals surface area contributed by atoms with Gasteiger partial charge in [-0.05, 0) is 77.4 Å². The van der Waals surface area contributed by atoms with E-state index in [1.165, 1.54) is 24.8 Å². The van der Waals surface area contributed by atoms with E-state index in [1.807, 2.05) is 25.1 Å². The highest BCUT2D eigenvalue weighted by Crippen LogP contribution is 2.32. The molecule has 5 heteroatoms. The number of carbonyl (C=O) groups is 1. The Kier molecular flexibility index (Phi) is 6.68. The molecule has 170 valence electrons. The minimum absolute atomic E-state index is 0.0367. The van der Waals surface area contributed by atoms with Crippen LogP contribution in [-0.4, -0.2) is 52.2 Å². The van der Waals surface area contributed by atoms with Crippen molar-refractivity contribution in [2.45, 2.75) is 59.1 Å². The number of aliphatic hydroxyl groups is 1. The van der Waals surface area contributed by atoms with Gasteiger partial charge in [0.2, 0.25) is 0 Å². The third kappa shape index (κ3) is 4.59. The van der Waals surface area contributed by atoms with Crippen molar-refractivity contribution >= 4 is 16.7 Å². The number of fused-ring (bicyclic) bond motifs is 1. The summed E-state index contributed by atoms with van der Waals surface area (Å²) in [5.41, 5.74) is 4.85. The number of ketones is 1. The summed E-state index contributed by atoms with van der Waals surface area (Å²) in [6.45, 7) is 9.80. The van der Waals surface area contributed by atoms with Gasteiger partial charge in [0, 0.05) is 34.9 Å². The van der Waals surface area contributed by atoms with E-state index in [9.17, 15) is 9.90 Å². The summed E-state index contributed by atoms with van der Waals surface area (Å²) in [5.74, 6) is 0.710. The van der Waals surface area contributed by atoms with Gasteiger partial charge in [0.15, 0.2) is 5.78 Å². The van der Waals surface area contributed by atoms with Crippen LogP contribution in [0.1, 0.15) is 54.7 Å². The average Bonchev–Trinajstić information content (AvgIpc) is 3.06. The number of piperidine rings is 1. The Bertz CT molecular complexity index is 1100. The van der Waals surface area contributed by atoms with Crippen LogP contribution < -0.4 is 4.74 Å². The molecule has 2 atom stereocenters. The predicted molar refractivity (Wildman–Crippen MR) is 129 cm³/mol. The maximum atomic E-state index is 12.5. The molecular weight excluding hydrogens is 400 g/mol. The molecule has 4 rings (SSSR count). The number of hydrogen-bond acceptors (Lipinski definition) is 4. The van der Waals surface area contributed by atoms with Gasteiger partial charge in [-0.15, -0.1) is 0 Å². The number of carbonyl (C=O) groups excluding carboxylic acids is 1. The second-order valence-corrected chi connectivity index (χ2v) is 9.17. The van der Waals surface area contributed by atoms with Crippen LogP contribution in [0.25, 0.3) is 16.6 Å². The molecular formula is C27H34N2O3. The number of rotatable bonds is 7. The molecule has 3 aromatic rings. The predicted octanol–water partition coefficient (Wildman–Crippen LogP) is 5.06. The summed E-state index contributed by atoms with van der Waals surface area (Å²) in [5, 5.41) is 11.4. The maximum Gasteiger partial charge on any atom is 0.162 e. The second-order valence-electron chi connectivity index (χ2n) is 9.17. The van der Waals surface area contributed by atoms with Crippen LogP contribution >= 0.6 is 0 Å². The van der Waals surface area contributed by atoms with Crippen molar-refractivity contribution in [3.63, 3.8) is 0 Å². The van der Waals surface area contributed by atoms with Crippen molar-refractivity contribution in [2.24, 2.45) is 0 Å². The zero-order valence-corrected chi connectivity index (χ0v) is 19.6. The minimum Gasteiger partial charge on any atom is -0.491 e. The number of benzene rings is 2. The Labute approximate surface area is 190 Å². The quantitative estimate of drug-likeness (QED) is 0.528. The van der Waals surface area contributed by atoms with E-state index < -0.39 is 6.10 Å². The third-order valence-electron chi connectivity index (χ3n) is 6.65. The summed E-state index contributed by atoms with van der Waals surface area (Å²) >= 11 is 0. The first kappa shape index (κ1) is 22.6. The van der Waals surface area contributed by atoms with E-state index in [1.54, 1.807) is 6.92 Å². The van der Waals surface area contributed by atoms with Gasteiger partial charge in [-0.1, -0.05) is 24.1 Å². The van der Waals surface area contributed by atoms with Crippen molar-refractivity contribution in [1.82, 2.24) is 9.47 Å². The van der Waals surface area contributed by atoms with Crippen LogP contribution in [-0.2, 0) is 0 Å². The Morgan fingerprint density at radius 1 is 1.16 bits per heavy atom. The Morgan fingerprint density at radius 3 is 2.59 bits per heavy atom. The first-order chi connectivity index (χ1) is 15.3. The summed E-state index contributed by atoms with van der Waals surface area (Å²) in [6.07, 6.45) is 3.11. The number of β-amino-alcohol motifs (C(OH)–C–C–N with tert-alkyl or cyclic N) is 1. The second kappa shape index (κ2) is 9.47. The van der Waals surface area contributed by atoms with Gasteiger partial charge < -0.3 is 14.4 Å². The number of aromatic nitrogens is 1. The van der Waals surface area contributed by atoms with Crippen LogP contribution in [0.15, 0.2) is 42.5 Å². The molecule has 0 radical (unpaired) electrons. The molecule has 2 aromatic carbocycles. The van der Waals surface area contributed by atoms with E-state index in [4.69, 9.17) is 4.74 Å². The summed E-state index contributed by atoms with van der Waals surface area (Å²) < 4.78 is 8.09. The number of ether oxygens (including phenoxy) is 1. The molecule has 1 aliphatic heterocycles. The normalized spacial score (nSPS) is 18.1. The van der Waals surface area contributed by atoms with Crippen LogP contribution in [0.4, 0.5) is 0 Å². The topological polar surface area (TPSA) is 54.7 Å². The molecule has 2 heterocycles. The molecule has 0 amide bonds. The molecule has 1 aromatic heterocycles. The minimum atomic E-state index is -0.544. The fraction of sp³-hybridized carbons (Fsp3) is 0.444. The van der Waals surface area contributed by atoms with Crippen molar-refractivity contribution in [3.8, 4) is 11.4 Å². The van der Waals surface area contributed by atoms with Gasteiger partial charge in [0.25, 0.3) is 0 Å². The first-order valence-electron chi connectivity index (χ1n) is 11.6. The zero-order valence-electron chi connectivity index (χ0n) is 19.6. The SMILES string of the molecule is CC(=O)c1c(C)n(-c2ccc(C)cc2)c2ccc(OC[C@H](O)CN3CCCC[C@H]3C)cc12. The van der Waals surface area contributed by atoms with Crippen molar-refractivity contribution < 1.29 is 14.6 Å². The number of aliphatic hydroxyl groups excluding tert-OH is 1. The van der Waals surface area contributed by atoms with Gasteiger partial charge >= 0.3 is 0 Å². The molecule has 0 saturated carbocycles. The number of Topliss-reactive ketones (excluding diaryl/α,β-unsaturated/α-hetero) is 1. The smallest absolute Gasteiger partial charge is 0.162 e. The molecule has 1 aliphatic rings. The fourth-order valence-corrected chi connectivity index (χ4v) is 4.90. The molecule has 1 saturated heterocycles. The van der Waals surface area contributed by atoms with E-state index in [2.05, 4.69) is 47.6 Å². The Balaban J connectivity index is 1.57. The van der Waals surface area contributed by atoms with Crippen LogP contribution in [0.5, 0.6) is 5.75 Å². The van der Waals surface area contributed by atoms with Crippen molar-refractivity contribution in [2.75, 3.05) is 19.7 Å². The molecule has 0 bridgehead atoms. The van der Waals surface area contributed by atoms with Crippen LogP contribution in [0.2, 0.25) is 0 Å². The van der Waals surface area contributed by atoms with Crippen LogP contribution in [0.3, 0.4) is 0 Å². The number of likely N-dealkylation sites (tertiary alicyclic amines) is 1. The number of nitrogens with zero attached hydrogens (tertiary/aromatic N) is 2. The van der Waals surface area contributed by atoms with E-state index in [0.29, 0.717) is 23.9 Å². The highest BCUT2D eigenvalue weighted by Gasteiger charge is 2.22. The Hall–Kier alpha value is -2.63. The summed E-state index contributed by atoms with van der Waals surface area (Å²) in [6, 6.07) is 14.7. The lowest BCUT2D eigenvalue weighted by atomic mass is 10.0. The largest absolute Gasteiger partial charge is 0.491 e. The zero-order chi connectivity index (χ0) is 22.8. The van der Waals surface area contributed by atoms with Gasteiger partial charge in [-0.2, -0.15) is 0 Å². The molecule has 5 nitrogen and oxygen atoms in total. The van der Waals surface area contributed by atoms with E-state index >= 15 is 0 Å². The Morgan fingerprint density at radius 2 is 1.91 bits per heavy atom. The van der Waals surface area contributed by atoms with Gasteiger partial charge in [0.05, 0.1) is 5.52 Å². The summed E-state index contributed by atoms with van der Waals surface area (Å²) in [7, 11) is 0. The average molecular weight is 435 g/mol. The molecule has 0 unspecified atom stereocenters. The number of aryl methyl sites for hydroxylation is 1. The molecule has 0 spiro atoms. The van der Waals surface area contributed by atoms with Gasteiger partial charge in [-0.3, -0.25) is 9.69 Å². The molecule has 1 N–H and O–H groups in total. The maximum absolute atomic E-state index is 12.5. The summed E-state index contributed by atoms with van der Waals surface area (Å²) in [4.78, 5) is 14.9. The molecule has 32 heavy (non-hydrogen) atoms. The first-order valence-corrected chi connectivity index (χ1v) is 11.6. The molecule has 0 aliphatic carbocycles. The lowest BCUT2D eigenvalue weighted by molar-refractivity contribution is 0.0438. The van der Waals surface area contributed by atoms with Crippen molar-refractivity contribution in [1.29, 1.82) is 0 Å². The van der Waals surface area contributed by atoms with Crippen molar-refractivity contribution in [3.05, 3.63) is 59.3 Å². The standard InChI is InChI=1S/C27H34N2O3/c1-18-8-10-22(11-9-18)29-20(3)27(21(4)30)25-15-24(12-13-26(25)29)32-17-23(31)16-28-14-6-5-7-19(28)2/h8-13,15,19,23,31H,5-7,14,16-17H2,1-4H3/t19-,23-/m1/s1. The highest BCUT2D eigenvalue weighted by molar-refractivity contribution is 6.09. The lowest BCUT2D eigenvalue weighted by Crippen LogP contribution is -2.43. The molecule has 1 fully saturated rings. The van der Waals surface area contributed by atoms with E-state index in [0.717, 1.165) is 28.8 Å². The highest BCUT2D eigenvalue weighted by atomic mass is 16.5. The van der Waals surface area contributed by atoms with E-state index in [-0.39, 0.29) is 12.4 Å². The number of hydrogen-bond donors (Lipinski definition) is 1. The van der Waals surface area contributed by atoms with Gasteiger partial charge in [0.1, 0.15) is 18.5 Å². The van der Waals surface area contributed by atoms with Crippen LogP contribution in [0, 0.1) is 13.8 Å². The fourth-order valence-electron chi connectivity index (χ4n) is 4.90. The van der Waals surface area contributed by atoms with Gasteiger partial charge in [-0.25, -0.2) is 0 Å². The monoisotopic (exact) mass is 434 g/mol. The lowest BCUT2D eigenvalue weighted by Gasteiger charge is -2.34. The third-order valence-corrected chi connectivity index (χ3v) is 6.65.